The third-order valence-corrected chi connectivity index (χ3v) is 4.38. The van der Waals surface area contributed by atoms with Gasteiger partial charge < -0.3 is 15.7 Å². The van der Waals surface area contributed by atoms with Crippen LogP contribution in [-0.4, -0.2) is 41.8 Å². The van der Waals surface area contributed by atoms with E-state index in [1.165, 1.54) is 32.1 Å². The molecule has 0 aromatic heterocycles. The van der Waals surface area contributed by atoms with Crippen molar-refractivity contribution in [1.29, 1.82) is 0 Å². The topological polar surface area (TPSA) is 49.5 Å². The molecule has 3 heteroatoms. The van der Waals surface area contributed by atoms with E-state index >= 15 is 0 Å². The van der Waals surface area contributed by atoms with E-state index < -0.39 is 0 Å². The van der Waals surface area contributed by atoms with E-state index in [1.54, 1.807) is 0 Å². The molecule has 0 aromatic carbocycles. The van der Waals surface area contributed by atoms with Gasteiger partial charge in [-0.3, -0.25) is 0 Å². The van der Waals surface area contributed by atoms with Crippen LogP contribution in [0.3, 0.4) is 0 Å². The second-order valence-electron chi connectivity index (χ2n) is 5.69. The molecular weight excluding hydrogens is 188 g/mol. The van der Waals surface area contributed by atoms with Gasteiger partial charge >= 0.3 is 0 Å². The lowest BCUT2D eigenvalue weighted by molar-refractivity contribution is 0.0907. The molecule has 0 bridgehead atoms. The molecule has 2 rings (SSSR count). The Hall–Kier alpha value is -0.120. The largest absolute Gasteiger partial charge is 0.392 e. The highest BCUT2D eigenvalue weighted by atomic mass is 16.3. The van der Waals surface area contributed by atoms with Crippen LogP contribution in [0.25, 0.3) is 0 Å². The molecule has 2 aliphatic carbocycles. The van der Waals surface area contributed by atoms with Crippen molar-refractivity contribution in [3.8, 4) is 0 Å². The first-order chi connectivity index (χ1) is 7.03. The Balaban J connectivity index is 1.78. The summed E-state index contributed by atoms with van der Waals surface area (Å²) in [7, 11) is 2.13. The van der Waals surface area contributed by atoms with Gasteiger partial charge in [0.05, 0.1) is 6.10 Å². The molecule has 0 radical (unpaired) electrons. The lowest BCUT2D eigenvalue weighted by Gasteiger charge is -2.35. The van der Waals surface area contributed by atoms with Crippen LogP contribution < -0.4 is 5.73 Å². The van der Waals surface area contributed by atoms with E-state index in [4.69, 9.17) is 5.73 Å². The maximum Gasteiger partial charge on any atom is 0.0639 e. The third kappa shape index (κ3) is 2.35. The lowest BCUT2D eigenvalue weighted by atomic mass is 9.82. The van der Waals surface area contributed by atoms with Gasteiger partial charge in [0, 0.05) is 18.6 Å². The summed E-state index contributed by atoms with van der Waals surface area (Å²) in [5.41, 5.74) is 6.51. The van der Waals surface area contributed by atoms with Crippen molar-refractivity contribution in [3.05, 3.63) is 0 Å². The van der Waals surface area contributed by atoms with Gasteiger partial charge in [-0.2, -0.15) is 0 Å². The normalized spacial score (nSPS) is 42.2. The van der Waals surface area contributed by atoms with Gasteiger partial charge in [-0.25, -0.2) is 0 Å². The fraction of sp³-hybridized carbons (Fsp3) is 1.00. The number of hydrogen-bond donors (Lipinski definition) is 2. The number of nitrogens with zero attached hydrogens (tertiary/aromatic N) is 1. The van der Waals surface area contributed by atoms with Crippen LogP contribution >= 0.6 is 0 Å². The number of likely N-dealkylation sites (N-methyl/N-ethyl adjacent to an activating group) is 1. The maximum absolute atomic E-state index is 9.35. The van der Waals surface area contributed by atoms with Crippen LogP contribution in [0.2, 0.25) is 0 Å². The first-order valence-corrected chi connectivity index (χ1v) is 6.17. The van der Waals surface area contributed by atoms with Crippen LogP contribution in [-0.2, 0) is 0 Å². The molecular formula is C12H24N2O. The van der Waals surface area contributed by atoms with Crippen LogP contribution in [0, 0.1) is 5.41 Å². The number of rotatable bonds is 3. The summed E-state index contributed by atoms with van der Waals surface area (Å²) in [5.74, 6) is 0. The van der Waals surface area contributed by atoms with Crippen molar-refractivity contribution in [2.45, 2.75) is 57.2 Å². The Kier molecular flexibility index (Phi) is 3.06. The standard InChI is InChI=1S/C12H24N2O/c1-9(15)8-14(2)10-3-5-12(6-4-10)7-11(12)13/h9-11,15H,3-8,13H2,1-2H3. The quantitative estimate of drug-likeness (QED) is 0.732. The predicted molar refractivity (Wildman–Crippen MR) is 61.6 cm³/mol. The molecule has 3 nitrogen and oxygen atoms in total. The summed E-state index contributed by atoms with van der Waals surface area (Å²) in [4.78, 5) is 2.31. The van der Waals surface area contributed by atoms with Crippen molar-refractivity contribution >= 4 is 0 Å². The molecule has 0 amide bonds. The Bertz CT molecular complexity index is 222. The first-order valence-electron chi connectivity index (χ1n) is 6.17. The van der Waals surface area contributed by atoms with Gasteiger partial charge in [-0.15, -0.1) is 0 Å². The van der Waals surface area contributed by atoms with E-state index in [2.05, 4.69) is 11.9 Å². The van der Waals surface area contributed by atoms with Crippen LogP contribution in [0.4, 0.5) is 0 Å². The van der Waals surface area contributed by atoms with E-state index in [9.17, 15) is 5.11 Å². The Morgan fingerprint density at radius 3 is 2.40 bits per heavy atom. The Morgan fingerprint density at radius 1 is 1.47 bits per heavy atom. The van der Waals surface area contributed by atoms with Crippen molar-refractivity contribution < 1.29 is 5.11 Å². The first kappa shape index (κ1) is 11.4. The minimum absolute atomic E-state index is 0.214. The zero-order valence-electron chi connectivity index (χ0n) is 9.95. The van der Waals surface area contributed by atoms with Gasteiger partial charge in [0.15, 0.2) is 0 Å². The van der Waals surface area contributed by atoms with Gasteiger partial charge in [0.1, 0.15) is 0 Å². The average molecular weight is 212 g/mol. The van der Waals surface area contributed by atoms with Crippen LogP contribution in [0.15, 0.2) is 0 Å². The predicted octanol–water partition coefficient (Wildman–Crippen LogP) is 0.959. The Morgan fingerprint density at radius 2 is 2.00 bits per heavy atom. The zero-order valence-corrected chi connectivity index (χ0v) is 9.95. The molecule has 1 spiro atoms. The molecule has 2 unspecified atom stereocenters. The number of aliphatic hydroxyl groups is 1. The maximum atomic E-state index is 9.35. The molecule has 2 saturated carbocycles. The summed E-state index contributed by atoms with van der Waals surface area (Å²) < 4.78 is 0. The molecule has 0 aliphatic heterocycles. The molecule has 3 N–H and O–H groups in total. The summed E-state index contributed by atoms with van der Waals surface area (Å²) in [6, 6.07) is 1.15. The molecule has 88 valence electrons. The highest BCUT2D eigenvalue weighted by molar-refractivity contribution is 5.08. The average Bonchev–Trinajstić information content (AvgIpc) is 2.76. The minimum Gasteiger partial charge on any atom is -0.392 e. The van der Waals surface area contributed by atoms with Crippen molar-refractivity contribution in [2.75, 3.05) is 13.6 Å². The molecule has 0 heterocycles. The third-order valence-electron chi connectivity index (χ3n) is 4.38. The zero-order chi connectivity index (χ0) is 11.1. The highest BCUT2D eigenvalue weighted by Crippen LogP contribution is 2.55. The van der Waals surface area contributed by atoms with Crippen molar-refractivity contribution in [3.63, 3.8) is 0 Å². The fourth-order valence-corrected chi connectivity index (χ4v) is 3.14. The monoisotopic (exact) mass is 212 g/mol. The lowest BCUT2D eigenvalue weighted by Crippen LogP contribution is -2.40. The highest BCUT2D eigenvalue weighted by Gasteiger charge is 2.52. The van der Waals surface area contributed by atoms with E-state index in [1.807, 2.05) is 6.92 Å². The van der Waals surface area contributed by atoms with Gasteiger partial charge in [0.25, 0.3) is 0 Å². The van der Waals surface area contributed by atoms with Gasteiger partial charge in [-0.1, -0.05) is 0 Å². The summed E-state index contributed by atoms with van der Waals surface area (Å²) in [6.07, 6.45) is 6.15. The van der Waals surface area contributed by atoms with Crippen molar-refractivity contribution in [1.82, 2.24) is 4.90 Å². The molecule has 0 aromatic rings. The van der Waals surface area contributed by atoms with Crippen LogP contribution in [0.5, 0.6) is 0 Å². The van der Waals surface area contributed by atoms with E-state index in [0.717, 1.165) is 6.54 Å². The smallest absolute Gasteiger partial charge is 0.0639 e. The Labute approximate surface area is 92.6 Å². The molecule has 2 fully saturated rings. The van der Waals surface area contributed by atoms with E-state index in [0.29, 0.717) is 17.5 Å². The van der Waals surface area contributed by atoms with E-state index in [-0.39, 0.29) is 6.10 Å². The second-order valence-corrected chi connectivity index (χ2v) is 5.69. The summed E-state index contributed by atoms with van der Waals surface area (Å²) in [5, 5.41) is 9.35. The number of hydrogen-bond acceptors (Lipinski definition) is 3. The number of aliphatic hydroxyl groups excluding tert-OH is 1. The minimum atomic E-state index is -0.214. The van der Waals surface area contributed by atoms with Crippen molar-refractivity contribution in [2.24, 2.45) is 11.1 Å². The SMILES string of the molecule is CC(O)CN(C)C1CCC2(CC1)CC2N. The second kappa shape index (κ2) is 4.04. The van der Waals surface area contributed by atoms with Gasteiger partial charge in [-0.05, 0) is 51.5 Å². The molecule has 0 saturated heterocycles. The van der Waals surface area contributed by atoms with Crippen LogP contribution in [0.1, 0.15) is 39.0 Å². The summed E-state index contributed by atoms with van der Waals surface area (Å²) >= 11 is 0. The molecule has 2 aliphatic rings. The fourth-order valence-electron chi connectivity index (χ4n) is 3.14. The number of nitrogens with two attached hydrogens (primary N) is 1. The molecule has 2 atom stereocenters. The molecule has 15 heavy (non-hydrogen) atoms. The summed E-state index contributed by atoms with van der Waals surface area (Å²) in [6.45, 7) is 2.65. The van der Waals surface area contributed by atoms with Gasteiger partial charge in [0.2, 0.25) is 0 Å².